The minimum Gasteiger partial charge on any atom is -0.496 e. The molecular weight excluding hydrogens is 362 g/mol. The molecule has 0 N–H and O–H groups in total. The molecule has 2 aliphatic rings. The summed E-state index contributed by atoms with van der Waals surface area (Å²) in [6.07, 6.45) is 5.34. The topological polar surface area (TPSA) is 47.4 Å². The maximum Gasteiger partial charge on any atom is 0.223 e. The van der Waals surface area contributed by atoms with Crippen LogP contribution >= 0.6 is 0 Å². The minimum absolute atomic E-state index is 0.144. The van der Waals surface area contributed by atoms with Crippen LogP contribution in [0.1, 0.15) is 49.4 Å². The molecule has 5 heteroatoms. The molecule has 29 heavy (non-hydrogen) atoms. The summed E-state index contributed by atoms with van der Waals surface area (Å²) in [5.41, 5.74) is 3.22. The van der Waals surface area contributed by atoms with Gasteiger partial charge < -0.3 is 14.2 Å². The molecule has 2 fully saturated rings. The summed E-state index contributed by atoms with van der Waals surface area (Å²) in [4.78, 5) is 19.9. The van der Waals surface area contributed by atoms with E-state index in [1.807, 2.05) is 24.3 Å². The van der Waals surface area contributed by atoms with Crippen LogP contribution in [0.15, 0.2) is 48.5 Å². The van der Waals surface area contributed by atoms with Crippen molar-refractivity contribution in [1.29, 1.82) is 0 Å². The second-order valence-corrected chi connectivity index (χ2v) is 8.24. The summed E-state index contributed by atoms with van der Waals surface area (Å²) in [6, 6.07) is 16.8. The molecule has 1 unspecified atom stereocenters. The van der Waals surface area contributed by atoms with Crippen molar-refractivity contribution in [3.05, 3.63) is 59.9 Å². The molecule has 150 valence electrons. The fraction of sp³-hybridized carbons (Fsp3) is 0.417. The fourth-order valence-corrected chi connectivity index (χ4v) is 5.05. The minimum atomic E-state index is 0.144. The van der Waals surface area contributed by atoms with Crippen molar-refractivity contribution in [2.45, 2.75) is 50.6 Å². The number of rotatable bonds is 5. The Morgan fingerprint density at radius 2 is 1.83 bits per heavy atom. The van der Waals surface area contributed by atoms with Gasteiger partial charge in [0.15, 0.2) is 0 Å². The van der Waals surface area contributed by atoms with E-state index in [-0.39, 0.29) is 11.8 Å². The average molecular weight is 389 g/mol. The Hall–Kier alpha value is -2.82. The van der Waals surface area contributed by atoms with Crippen LogP contribution in [0.2, 0.25) is 0 Å². The van der Waals surface area contributed by atoms with Gasteiger partial charge in [0, 0.05) is 30.5 Å². The van der Waals surface area contributed by atoms with Crippen molar-refractivity contribution in [2.75, 3.05) is 13.7 Å². The van der Waals surface area contributed by atoms with Crippen LogP contribution in [0.25, 0.3) is 11.0 Å². The fourth-order valence-electron chi connectivity index (χ4n) is 5.05. The number of hydrogen-bond donors (Lipinski definition) is 0. The Balaban J connectivity index is 1.52. The lowest BCUT2D eigenvalue weighted by molar-refractivity contribution is -0.129. The zero-order valence-corrected chi connectivity index (χ0v) is 16.9. The number of aromatic nitrogens is 2. The second kappa shape index (κ2) is 7.54. The number of hydrogen-bond acceptors (Lipinski definition) is 3. The van der Waals surface area contributed by atoms with Crippen LogP contribution in [-0.4, -0.2) is 40.1 Å². The van der Waals surface area contributed by atoms with Gasteiger partial charge in [0.25, 0.3) is 0 Å². The molecule has 0 radical (unpaired) electrons. The molecule has 2 aromatic carbocycles. The maximum absolute atomic E-state index is 12.8. The summed E-state index contributed by atoms with van der Waals surface area (Å²) in [6.45, 7) is 1.48. The average Bonchev–Trinajstić information content (AvgIpc) is 3.47. The molecule has 0 bridgehead atoms. The summed E-state index contributed by atoms with van der Waals surface area (Å²) in [7, 11) is 1.71. The number of imidazole rings is 1. The first-order valence-corrected chi connectivity index (χ1v) is 10.6. The lowest BCUT2D eigenvalue weighted by Crippen LogP contribution is -2.34. The van der Waals surface area contributed by atoms with Gasteiger partial charge in [0.1, 0.15) is 11.6 Å². The number of carbonyl (C=O) groups is 1. The van der Waals surface area contributed by atoms with Gasteiger partial charge in [-0.05, 0) is 31.0 Å². The Kier molecular flexibility index (Phi) is 4.74. The quantitative estimate of drug-likeness (QED) is 0.652. The van der Waals surface area contributed by atoms with E-state index in [0.29, 0.717) is 19.0 Å². The van der Waals surface area contributed by atoms with Gasteiger partial charge in [0.2, 0.25) is 5.91 Å². The number of nitrogens with zero attached hydrogens (tertiary/aromatic N) is 3. The third-order valence-corrected chi connectivity index (χ3v) is 6.49. The second-order valence-electron chi connectivity index (χ2n) is 8.24. The zero-order chi connectivity index (χ0) is 19.8. The number of fused-ring (bicyclic) bond motifs is 1. The molecule has 3 aromatic rings. The Morgan fingerprint density at radius 1 is 1.07 bits per heavy atom. The predicted octanol–water partition coefficient (Wildman–Crippen LogP) is 4.35. The highest BCUT2D eigenvalue weighted by molar-refractivity contribution is 5.81. The lowest BCUT2D eigenvalue weighted by atomic mass is 10.1. The smallest absolute Gasteiger partial charge is 0.223 e. The number of benzene rings is 2. The van der Waals surface area contributed by atoms with Crippen molar-refractivity contribution in [3.8, 4) is 5.75 Å². The van der Waals surface area contributed by atoms with Crippen molar-refractivity contribution in [3.63, 3.8) is 0 Å². The van der Waals surface area contributed by atoms with Gasteiger partial charge >= 0.3 is 0 Å². The van der Waals surface area contributed by atoms with Gasteiger partial charge in [-0.25, -0.2) is 4.98 Å². The molecule has 0 spiro atoms. The first kappa shape index (κ1) is 18.2. The van der Waals surface area contributed by atoms with Crippen molar-refractivity contribution < 1.29 is 9.53 Å². The number of methoxy groups -OCH3 is 1. The van der Waals surface area contributed by atoms with Crippen LogP contribution in [0.5, 0.6) is 5.75 Å². The summed E-state index contributed by atoms with van der Waals surface area (Å²) < 4.78 is 7.86. The van der Waals surface area contributed by atoms with E-state index in [1.54, 1.807) is 7.11 Å². The standard InChI is InChI=1S/C24H27N3O2/c1-29-22-13-7-2-8-17(22)15-27-21-12-6-5-11-20(21)25-24(27)18-14-23(28)26(16-18)19-9-3-4-10-19/h2,5-8,11-13,18-19H,3-4,9-10,14-16H2,1H3. The normalized spacial score (nSPS) is 20.1. The largest absolute Gasteiger partial charge is 0.496 e. The van der Waals surface area contributed by atoms with Crippen LogP contribution in [0.3, 0.4) is 0 Å². The third kappa shape index (κ3) is 3.28. The van der Waals surface area contributed by atoms with E-state index in [4.69, 9.17) is 9.72 Å². The summed E-state index contributed by atoms with van der Waals surface area (Å²) in [5.74, 6) is 2.33. The van der Waals surface area contributed by atoms with Crippen LogP contribution in [-0.2, 0) is 11.3 Å². The molecule has 1 atom stereocenters. The molecule has 1 aromatic heterocycles. The molecule has 1 saturated heterocycles. The summed E-state index contributed by atoms with van der Waals surface area (Å²) in [5, 5.41) is 0. The summed E-state index contributed by atoms with van der Waals surface area (Å²) >= 11 is 0. The predicted molar refractivity (Wildman–Crippen MR) is 113 cm³/mol. The molecule has 1 aliphatic heterocycles. The molecule has 5 rings (SSSR count). The number of likely N-dealkylation sites (tertiary alicyclic amines) is 1. The molecule has 2 heterocycles. The van der Waals surface area contributed by atoms with Crippen LogP contribution in [0.4, 0.5) is 0 Å². The van der Waals surface area contributed by atoms with E-state index in [1.165, 1.54) is 12.8 Å². The third-order valence-electron chi connectivity index (χ3n) is 6.49. The zero-order valence-electron chi connectivity index (χ0n) is 16.9. The van der Waals surface area contributed by atoms with E-state index in [9.17, 15) is 4.79 Å². The first-order valence-electron chi connectivity index (χ1n) is 10.6. The van der Waals surface area contributed by atoms with Gasteiger partial charge in [0.05, 0.1) is 24.7 Å². The van der Waals surface area contributed by atoms with Crippen LogP contribution < -0.4 is 4.74 Å². The maximum atomic E-state index is 12.8. The van der Waals surface area contributed by atoms with Gasteiger partial charge in [-0.15, -0.1) is 0 Å². The molecule has 1 aliphatic carbocycles. The molecule has 1 amide bonds. The van der Waals surface area contributed by atoms with Crippen molar-refractivity contribution >= 4 is 16.9 Å². The Morgan fingerprint density at radius 3 is 2.66 bits per heavy atom. The van der Waals surface area contributed by atoms with Crippen molar-refractivity contribution in [1.82, 2.24) is 14.5 Å². The van der Waals surface area contributed by atoms with E-state index in [2.05, 4.69) is 33.7 Å². The van der Waals surface area contributed by atoms with E-state index in [0.717, 1.165) is 47.6 Å². The van der Waals surface area contributed by atoms with E-state index < -0.39 is 0 Å². The number of amides is 1. The number of ether oxygens (including phenoxy) is 1. The molecule has 5 nitrogen and oxygen atoms in total. The Labute approximate surface area is 171 Å². The van der Waals surface area contributed by atoms with Crippen LogP contribution in [0, 0.1) is 0 Å². The van der Waals surface area contributed by atoms with E-state index >= 15 is 0 Å². The van der Waals surface area contributed by atoms with Gasteiger partial charge in [-0.3, -0.25) is 4.79 Å². The highest BCUT2D eigenvalue weighted by Crippen LogP contribution is 2.35. The Bertz CT molecular complexity index is 1040. The molecule has 1 saturated carbocycles. The SMILES string of the molecule is COc1ccccc1Cn1c(C2CC(=O)N(C3CCCC3)C2)nc2ccccc21. The highest BCUT2D eigenvalue weighted by atomic mass is 16.5. The molecular formula is C24H27N3O2. The monoisotopic (exact) mass is 389 g/mol. The number of carbonyl (C=O) groups excluding carboxylic acids is 1. The first-order chi connectivity index (χ1) is 14.2. The van der Waals surface area contributed by atoms with Gasteiger partial charge in [-0.1, -0.05) is 43.2 Å². The number of para-hydroxylation sites is 3. The highest BCUT2D eigenvalue weighted by Gasteiger charge is 2.38. The van der Waals surface area contributed by atoms with Gasteiger partial charge in [-0.2, -0.15) is 0 Å². The van der Waals surface area contributed by atoms with Crippen molar-refractivity contribution in [2.24, 2.45) is 0 Å². The lowest BCUT2D eigenvalue weighted by Gasteiger charge is -2.24.